The van der Waals surface area contributed by atoms with Crippen molar-refractivity contribution in [3.8, 4) is 0 Å². The van der Waals surface area contributed by atoms with Gasteiger partial charge in [0.05, 0.1) is 15.6 Å². The van der Waals surface area contributed by atoms with Gasteiger partial charge >= 0.3 is 0 Å². The van der Waals surface area contributed by atoms with Crippen molar-refractivity contribution >= 4 is 44.8 Å². The monoisotopic (exact) mass is 443 g/mol. The van der Waals surface area contributed by atoms with Gasteiger partial charge in [0.15, 0.2) is 0 Å². The summed E-state index contributed by atoms with van der Waals surface area (Å²) in [6, 6.07) is 11.8. The number of amides is 1. The van der Waals surface area contributed by atoms with Crippen LogP contribution in [0.15, 0.2) is 47.4 Å². The Hall–Kier alpha value is -1.64. The smallest absolute Gasteiger partial charge is 0.242 e. The number of halogens is 2. The molecule has 0 aliphatic carbocycles. The largest absolute Gasteiger partial charge is 0.325 e. The van der Waals surface area contributed by atoms with Crippen molar-refractivity contribution in [2.24, 2.45) is 0 Å². The summed E-state index contributed by atoms with van der Waals surface area (Å²) in [7, 11) is 1.18. The van der Waals surface area contributed by atoms with Crippen molar-refractivity contribution in [3.63, 3.8) is 0 Å². The van der Waals surface area contributed by atoms with Crippen LogP contribution in [0.1, 0.15) is 12.0 Å². The van der Waals surface area contributed by atoms with E-state index in [1.165, 1.54) is 32.3 Å². The molecule has 0 radical (unpaired) electrons. The molecule has 0 unspecified atom stereocenters. The number of hydrogen-bond acceptors (Lipinski definition) is 4. The normalized spacial score (nSPS) is 11.8. The van der Waals surface area contributed by atoms with Crippen molar-refractivity contribution in [3.05, 3.63) is 58.1 Å². The molecule has 0 atom stereocenters. The predicted octanol–water partition coefficient (Wildman–Crippen LogP) is 3.70. The van der Waals surface area contributed by atoms with Gasteiger partial charge in [0.25, 0.3) is 0 Å². The van der Waals surface area contributed by atoms with Crippen LogP contribution in [-0.2, 0) is 21.4 Å². The molecule has 1 amide bonds. The third-order valence-corrected chi connectivity index (χ3v) is 6.43. The topological polar surface area (TPSA) is 69.7 Å². The van der Waals surface area contributed by atoms with E-state index in [9.17, 15) is 13.2 Å². The summed E-state index contributed by atoms with van der Waals surface area (Å²) in [5.74, 6) is -0.251. The van der Waals surface area contributed by atoms with E-state index in [2.05, 4.69) is 5.32 Å². The number of carbonyl (C=O) groups excluding carboxylic acids is 1. The third-order valence-electron chi connectivity index (χ3n) is 4.05. The molecular formula is C19H23Cl2N3O3S. The van der Waals surface area contributed by atoms with E-state index < -0.39 is 10.0 Å². The summed E-state index contributed by atoms with van der Waals surface area (Å²) in [5.41, 5.74) is 1.33. The van der Waals surface area contributed by atoms with E-state index >= 15 is 0 Å². The first-order valence-corrected chi connectivity index (χ1v) is 10.7. The Morgan fingerprint density at radius 2 is 1.79 bits per heavy atom. The lowest BCUT2D eigenvalue weighted by molar-refractivity contribution is -0.116. The molecule has 0 spiro atoms. The van der Waals surface area contributed by atoms with Crippen molar-refractivity contribution in [1.29, 1.82) is 0 Å². The molecule has 2 aromatic rings. The zero-order valence-corrected chi connectivity index (χ0v) is 18.3. The van der Waals surface area contributed by atoms with E-state index in [0.29, 0.717) is 18.1 Å². The van der Waals surface area contributed by atoms with E-state index in [-0.39, 0.29) is 27.9 Å². The first-order chi connectivity index (χ1) is 13.1. The van der Waals surface area contributed by atoms with Gasteiger partial charge in [-0.1, -0.05) is 35.3 Å². The van der Waals surface area contributed by atoms with Gasteiger partial charge in [0.1, 0.15) is 0 Å². The highest BCUT2D eigenvalue weighted by molar-refractivity contribution is 7.89. The Kier molecular flexibility index (Phi) is 7.86. The van der Waals surface area contributed by atoms with Crippen LogP contribution in [0.3, 0.4) is 0 Å². The molecule has 0 aliphatic heterocycles. The van der Waals surface area contributed by atoms with E-state index in [4.69, 9.17) is 23.2 Å². The van der Waals surface area contributed by atoms with Gasteiger partial charge in [-0.3, -0.25) is 4.79 Å². The number of nitrogens with zero attached hydrogens (tertiary/aromatic N) is 2. The van der Waals surface area contributed by atoms with Crippen molar-refractivity contribution in [2.75, 3.05) is 33.0 Å². The first-order valence-electron chi connectivity index (χ1n) is 8.54. The first kappa shape index (κ1) is 22.6. The molecule has 9 heteroatoms. The number of hydrogen-bond donors (Lipinski definition) is 1. The fourth-order valence-electron chi connectivity index (χ4n) is 2.50. The van der Waals surface area contributed by atoms with Gasteiger partial charge in [-0.25, -0.2) is 12.7 Å². The average Bonchev–Trinajstić information content (AvgIpc) is 2.61. The summed E-state index contributed by atoms with van der Waals surface area (Å²) >= 11 is 12.1. The number of anilines is 1. The Morgan fingerprint density at radius 3 is 2.43 bits per heavy atom. The zero-order chi connectivity index (χ0) is 20.9. The fourth-order valence-corrected chi connectivity index (χ4v) is 3.81. The van der Waals surface area contributed by atoms with Gasteiger partial charge < -0.3 is 10.2 Å². The maximum absolute atomic E-state index is 12.3. The molecule has 2 aromatic carbocycles. The second-order valence-electron chi connectivity index (χ2n) is 6.59. The highest BCUT2D eigenvalue weighted by atomic mass is 35.5. The van der Waals surface area contributed by atoms with E-state index in [0.717, 1.165) is 9.87 Å². The highest BCUT2D eigenvalue weighted by Crippen LogP contribution is 2.26. The number of nitrogens with one attached hydrogen (secondary N) is 1. The molecule has 0 saturated carbocycles. The molecule has 152 valence electrons. The van der Waals surface area contributed by atoms with Crippen LogP contribution in [-0.4, -0.2) is 51.2 Å². The number of rotatable bonds is 8. The molecule has 0 heterocycles. The van der Waals surface area contributed by atoms with Crippen LogP contribution in [0.4, 0.5) is 5.69 Å². The van der Waals surface area contributed by atoms with Crippen LogP contribution >= 0.6 is 23.2 Å². The summed E-state index contributed by atoms with van der Waals surface area (Å²) in [4.78, 5) is 14.4. The minimum Gasteiger partial charge on any atom is -0.325 e. The minimum atomic E-state index is -3.61. The summed E-state index contributed by atoms with van der Waals surface area (Å²) in [6.45, 7) is 1.18. The SMILES string of the molecule is CN(CCC(=O)Nc1cc(S(=O)(=O)N(C)C)ccc1Cl)Cc1cccc(Cl)c1. The third kappa shape index (κ3) is 6.18. The second-order valence-corrected chi connectivity index (χ2v) is 9.59. The van der Waals surface area contributed by atoms with Crippen LogP contribution in [0.25, 0.3) is 0 Å². The molecular weight excluding hydrogens is 421 g/mol. The molecule has 0 bridgehead atoms. The Balaban J connectivity index is 1.97. The summed E-state index contributed by atoms with van der Waals surface area (Å²) < 4.78 is 25.6. The van der Waals surface area contributed by atoms with Gasteiger partial charge in [-0.15, -0.1) is 0 Å². The second kappa shape index (κ2) is 9.71. The molecule has 1 N–H and O–H groups in total. The predicted molar refractivity (Wildman–Crippen MR) is 113 cm³/mol. The molecule has 0 aliphatic rings. The van der Waals surface area contributed by atoms with Crippen LogP contribution in [0.2, 0.25) is 10.0 Å². The Labute approximate surface area is 176 Å². The average molecular weight is 444 g/mol. The summed E-state index contributed by atoms with van der Waals surface area (Å²) in [6.07, 6.45) is 0.234. The van der Waals surface area contributed by atoms with Crippen LogP contribution in [0.5, 0.6) is 0 Å². The lowest BCUT2D eigenvalue weighted by Crippen LogP contribution is -2.24. The Bertz CT molecular complexity index is 949. The molecule has 0 aromatic heterocycles. The van der Waals surface area contributed by atoms with E-state index in [1.54, 1.807) is 0 Å². The van der Waals surface area contributed by atoms with Crippen LogP contribution in [0, 0.1) is 0 Å². The molecule has 2 rings (SSSR count). The number of benzene rings is 2. The lowest BCUT2D eigenvalue weighted by atomic mass is 10.2. The molecule has 28 heavy (non-hydrogen) atoms. The quantitative estimate of drug-likeness (QED) is 0.674. The van der Waals surface area contributed by atoms with Crippen LogP contribution < -0.4 is 5.32 Å². The highest BCUT2D eigenvalue weighted by Gasteiger charge is 2.19. The maximum atomic E-state index is 12.3. The van der Waals surface area contributed by atoms with Gasteiger partial charge in [-0.2, -0.15) is 0 Å². The Morgan fingerprint density at radius 1 is 1.07 bits per heavy atom. The molecule has 0 fully saturated rings. The van der Waals surface area contributed by atoms with Crippen molar-refractivity contribution < 1.29 is 13.2 Å². The fraction of sp³-hybridized carbons (Fsp3) is 0.316. The minimum absolute atomic E-state index is 0.0651. The standard InChI is InChI=1S/C19H23Cl2N3O3S/c1-23(2)28(26,27)16-7-8-17(21)18(12-16)22-19(25)9-10-24(3)13-14-5-4-6-15(20)11-14/h4-8,11-12H,9-10,13H2,1-3H3,(H,22,25). The van der Waals surface area contributed by atoms with Gasteiger partial charge in [0.2, 0.25) is 15.9 Å². The van der Waals surface area contributed by atoms with Gasteiger partial charge in [-0.05, 0) is 42.9 Å². The molecule has 0 saturated heterocycles. The number of sulfonamides is 1. The summed E-state index contributed by atoms with van der Waals surface area (Å²) in [5, 5.41) is 3.64. The van der Waals surface area contributed by atoms with Crippen molar-refractivity contribution in [1.82, 2.24) is 9.21 Å². The van der Waals surface area contributed by atoms with Gasteiger partial charge in [0, 0.05) is 38.6 Å². The lowest BCUT2D eigenvalue weighted by Gasteiger charge is -2.17. The maximum Gasteiger partial charge on any atom is 0.242 e. The molecule has 6 nitrogen and oxygen atoms in total. The number of carbonyl (C=O) groups is 1. The van der Waals surface area contributed by atoms with Crippen molar-refractivity contribution in [2.45, 2.75) is 17.9 Å². The van der Waals surface area contributed by atoms with E-state index in [1.807, 2.05) is 36.2 Å². The zero-order valence-electron chi connectivity index (χ0n) is 15.9.